The Morgan fingerprint density at radius 1 is 1.67 bits per heavy atom. The quantitative estimate of drug-likeness (QED) is 0.565. The summed E-state index contributed by atoms with van der Waals surface area (Å²) >= 11 is 0. The topological polar surface area (TPSA) is 35.5 Å². The van der Waals surface area contributed by atoms with Gasteiger partial charge in [0.2, 0.25) is 0 Å². The summed E-state index contributed by atoms with van der Waals surface area (Å²) in [5.41, 5.74) is 0.163. The van der Waals surface area contributed by atoms with Crippen LogP contribution in [0.25, 0.3) is 0 Å². The maximum absolute atomic E-state index is 9.23. The van der Waals surface area contributed by atoms with Crippen LogP contribution in [0, 0.1) is 5.41 Å². The predicted molar refractivity (Wildman–Crippen MR) is 48.0 cm³/mol. The van der Waals surface area contributed by atoms with Crippen molar-refractivity contribution in [2.45, 2.75) is 19.4 Å². The van der Waals surface area contributed by atoms with E-state index in [1.54, 1.807) is 0 Å². The normalized spacial score (nSPS) is 43.0. The molecule has 3 heteroatoms. The van der Waals surface area contributed by atoms with Crippen LogP contribution in [0.1, 0.15) is 13.3 Å². The highest BCUT2D eigenvalue weighted by molar-refractivity contribution is 4.95. The van der Waals surface area contributed by atoms with Gasteiger partial charge in [-0.25, -0.2) is 0 Å². The lowest BCUT2D eigenvalue weighted by atomic mass is 9.89. The molecular weight excluding hydrogens is 152 g/mol. The number of hydrogen-bond donors (Lipinski definition) is 2. The molecule has 2 aliphatic heterocycles. The Balaban J connectivity index is 2.02. The third-order valence-electron chi connectivity index (χ3n) is 3.17. The lowest BCUT2D eigenvalue weighted by Crippen LogP contribution is -2.47. The summed E-state index contributed by atoms with van der Waals surface area (Å²) in [4.78, 5) is 2.51. The minimum atomic E-state index is 0.163. The van der Waals surface area contributed by atoms with E-state index in [-0.39, 0.29) is 5.41 Å². The molecule has 70 valence electrons. The van der Waals surface area contributed by atoms with Crippen molar-refractivity contribution in [2.24, 2.45) is 5.41 Å². The van der Waals surface area contributed by atoms with E-state index in [2.05, 4.69) is 17.1 Å². The van der Waals surface area contributed by atoms with Gasteiger partial charge >= 0.3 is 0 Å². The number of nitrogens with zero attached hydrogens (tertiary/aromatic N) is 1. The van der Waals surface area contributed by atoms with E-state index in [0.29, 0.717) is 12.6 Å². The van der Waals surface area contributed by atoms with Gasteiger partial charge in [0.15, 0.2) is 0 Å². The standard InChI is InChI=1S/C9H18N2O/c1-9(7-12)4-8-5-10-2-3-11(8)6-9/h8,10,12H,2-7H2,1H3. The third-order valence-corrected chi connectivity index (χ3v) is 3.17. The summed E-state index contributed by atoms with van der Waals surface area (Å²) in [5.74, 6) is 0. The van der Waals surface area contributed by atoms with Gasteiger partial charge in [-0.2, -0.15) is 0 Å². The molecule has 2 aliphatic rings. The van der Waals surface area contributed by atoms with E-state index < -0.39 is 0 Å². The van der Waals surface area contributed by atoms with E-state index in [0.717, 1.165) is 32.6 Å². The molecule has 0 aromatic rings. The van der Waals surface area contributed by atoms with E-state index in [1.165, 1.54) is 0 Å². The van der Waals surface area contributed by atoms with Gasteiger partial charge in [0.05, 0.1) is 0 Å². The first-order valence-electron chi connectivity index (χ1n) is 4.79. The first-order valence-corrected chi connectivity index (χ1v) is 4.79. The van der Waals surface area contributed by atoms with Gasteiger partial charge in [-0.05, 0) is 6.42 Å². The zero-order valence-electron chi connectivity index (χ0n) is 7.71. The number of hydrogen-bond acceptors (Lipinski definition) is 3. The van der Waals surface area contributed by atoms with E-state index in [4.69, 9.17) is 0 Å². The molecule has 2 atom stereocenters. The molecule has 0 radical (unpaired) electrons. The molecule has 0 bridgehead atoms. The van der Waals surface area contributed by atoms with Crippen molar-refractivity contribution in [3.63, 3.8) is 0 Å². The molecule has 0 aromatic carbocycles. The molecule has 0 aliphatic carbocycles. The first-order chi connectivity index (χ1) is 5.73. The monoisotopic (exact) mass is 170 g/mol. The first kappa shape index (κ1) is 8.48. The number of fused-ring (bicyclic) bond motifs is 1. The Morgan fingerprint density at radius 2 is 2.50 bits per heavy atom. The van der Waals surface area contributed by atoms with Crippen LogP contribution in [0.3, 0.4) is 0 Å². The summed E-state index contributed by atoms with van der Waals surface area (Å²) in [5, 5.41) is 12.6. The van der Waals surface area contributed by atoms with Crippen molar-refractivity contribution in [1.29, 1.82) is 0 Å². The summed E-state index contributed by atoms with van der Waals surface area (Å²) in [6.07, 6.45) is 1.15. The molecule has 2 N–H and O–H groups in total. The van der Waals surface area contributed by atoms with Crippen LogP contribution < -0.4 is 5.32 Å². The van der Waals surface area contributed by atoms with Crippen LogP contribution in [-0.4, -0.2) is 48.8 Å². The van der Waals surface area contributed by atoms with Gasteiger partial charge in [0.1, 0.15) is 0 Å². The van der Waals surface area contributed by atoms with Crippen molar-refractivity contribution in [2.75, 3.05) is 32.8 Å². The SMILES string of the molecule is CC1(CO)CC2CNCCN2C1. The number of rotatable bonds is 1. The van der Waals surface area contributed by atoms with E-state index in [9.17, 15) is 5.11 Å². The summed E-state index contributed by atoms with van der Waals surface area (Å²) in [6, 6.07) is 0.677. The highest BCUT2D eigenvalue weighted by Gasteiger charge is 2.40. The summed E-state index contributed by atoms with van der Waals surface area (Å²) < 4.78 is 0. The molecule has 2 unspecified atom stereocenters. The van der Waals surface area contributed by atoms with Crippen molar-refractivity contribution in [3.8, 4) is 0 Å². The zero-order chi connectivity index (χ0) is 8.60. The molecule has 2 fully saturated rings. The molecular formula is C9H18N2O. The second-order valence-corrected chi connectivity index (χ2v) is 4.50. The van der Waals surface area contributed by atoms with Gasteiger partial charge in [0.25, 0.3) is 0 Å². The van der Waals surface area contributed by atoms with Crippen molar-refractivity contribution < 1.29 is 5.11 Å². The number of aliphatic hydroxyl groups excluding tert-OH is 1. The van der Waals surface area contributed by atoms with Gasteiger partial charge in [-0.3, -0.25) is 4.90 Å². The fraction of sp³-hybridized carbons (Fsp3) is 1.00. The smallest absolute Gasteiger partial charge is 0.0497 e. The molecule has 2 rings (SSSR count). The maximum Gasteiger partial charge on any atom is 0.0497 e. The average molecular weight is 170 g/mol. The van der Waals surface area contributed by atoms with Crippen LogP contribution in [0.2, 0.25) is 0 Å². The van der Waals surface area contributed by atoms with Crippen LogP contribution in [0.4, 0.5) is 0 Å². The van der Waals surface area contributed by atoms with Crippen LogP contribution >= 0.6 is 0 Å². The Bertz CT molecular complexity index is 158. The lowest BCUT2D eigenvalue weighted by Gasteiger charge is -2.29. The van der Waals surface area contributed by atoms with Gasteiger partial charge < -0.3 is 10.4 Å². The zero-order valence-corrected chi connectivity index (χ0v) is 7.71. The van der Waals surface area contributed by atoms with Crippen LogP contribution in [0.15, 0.2) is 0 Å². The fourth-order valence-corrected chi connectivity index (χ4v) is 2.45. The molecule has 2 heterocycles. The second-order valence-electron chi connectivity index (χ2n) is 4.50. The van der Waals surface area contributed by atoms with Crippen molar-refractivity contribution in [3.05, 3.63) is 0 Å². The van der Waals surface area contributed by atoms with E-state index >= 15 is 0 Å². The number of aliphatic hydroxyl groups is 1. The molecule has 0 spiro atoms. The lowest BCUT2D eigenvalue weighted by molar-refractivity contribution is 0.143. The van der Waals surface area contributed by atoms with Crippen molar-refractivity contribution >= 4 is 0 Å². The molecule has 0 saturated carbocycles. The summed E-state index contributed by atoms with van der Waals surface area (Å²) in [7, 11) is 0. The Labute approximate surface area is 73.8 Å². The highest BCUT2D eigenvalue weighted by Crippen LogP contribution is 2.34. The third kappa shape index (κ3) is 1.37. The van der Waals surface area contributed by atoms with Gasteiger partial charge in [-0.1, -0.05) is 6.92 Å². The molecule has 2 saturated heterocycles. The van der Waals surface area contributed by atoms with Crippen molar-refractivity contribution in [1.82, 2.24) is 10.2 Å². The Hall–Kier alpha value is -0.120. The molecule has 0 amide bonds. The minimum Gasteiger partial charge on any atom is -0.396 e. The average Bonchev–Trinajstić information content (AvgIpc) is 2.42. The van der Waals surface area contributed by atoms with E-state index in [1.807, 2.05) is 0 Å². The Kier molecular flexibility index (Phi) is 2.10. The molecule has 0 aromatic heterocycles. The second kappa shape index (κ2) is 2.98. The predicted octanol–water partition coefficient (Wildman–Crippen LogP) is -0.337. The van der Waals surface area contributed by atoms with Gasteiger partial charge in [0, 0.05) is 44.2 Å². The minimum absolute atomic E-state index is 0.163. The molecule has 3 nitrogen and oxygen atoms in total. The highest BCUT2D eigenvalue weighted by atomic mass is 16.3. The number of nitrogens with one attached hydrogen (secondary N) is 1. The fourth-order valence-electron chi connectivity index (χ4n) is 2.45. The summed E-state index contributed by atoms with van der Waals surface area (Å²) in [6.45, 7) is 6.97. The molecule has 12 heavy (non-hydrogen) atoms. The van der Waals surface area contributed by atoms with Crippen LogP contribution in [0.5, 0.6) is 0 Å². The largest absolute Gasteiger partial charge is 0.396 e. The Morgan fingerprint density at radius 3 is 3.17 bits per heavy atom. The number of piperazine rings is 1. The maximum atomic E-state index is 9.23. The van der Waals surface area contributed by atoms with Crippen LogP contribution in [-0.2, 0) is 0 Å². The van der Waals surface area contributed by atoms with Gasteiger partial charge in [-0.15, -0.1) is 0 Å².